The van der Waals surface area contributed by atoms with Crippen LogP contribution in [0.2, 0.25) is 0 Å². The van der Waals surface area contributed by atoms with Gasteiger partial charge in [0.15, 0.2) is 5.82 Å². The number of rotatable bonds is 5. The van der Waals surface area contributed by atoms with Gasteiger partial charge in [-0.3, -0.25) is 0 Å². The standard InChI is InChI=1S/C16H21N3O2/c17-11-8-13(20)14-18-15(19-21-14)16(9-4-5-10-16)12-6-2-1-3-7-12/h1-3,6-7,13,20H,4-5,8-11,17H2/t13-/m0/s1. The SMILES string of the molecule is NCC[C@H](O)c1nc(C2(c3ccccc3)CCCC2)no1. The summed E-state index contributed by atoms with van der Waals surface area (Å²) in [5.74, 6) is 0.968. The maximum Gasteiger partial charge on any atom is 0.255 e. The zero-order chi connectivity index (χ0) is 14.7. The molecule has 1 fully saturated rings. The fourth-order valence-electron chi connectivity index (χ4n) is 3.22. The summed E-state index contributed by atoms with van der Waals surface area (Å²) in [5, 5.41) is 14.1. The summed E-state index contributed by atoms with van der Waals surface area (Å²) in [4.78, 5) is 4.48. The number of aliphatic hydroxyl groups excluding tert-OH is 1. The Kier molecular flexibility index (Phi) is 4.03. The fourth-order valence-corrected chi connectivity index (χ4v) is 3.22. The third-order valence-corrected chi connectivity index (χ3v) is 4.38. The molecule has 1 saturated carbocycles. The van der Waals surface area contributed by atoms with E-state index in [1.54, 1.807) is 0 Å². The van der Waals surface area contributed by atoms with E-state index in [-0.39, 0.29) is 11.3 Å². The van der Waals surface area contributed by atoms with Gasteiger partial charge in [-0.05, 0) is 31.4 Å². The van der Waals surface area contributed by atoms with E-state index < -0.39 is 6.10 Å². The highest BCUT2D eigenvalue weighted by Crippen LogP contribution is 2.45. The lowest BCUT2D eigenvalue weighted by molar-refractivity contribution is 0.127. The number of nitrogens with two attached hydrogens (primary N) is 1. The number of benzene rings is 1. The maximum atomic E-state index is 9.95. The van der Waals surface area contributed by atoms with E-state index in [0.717, 1.165) is 25.7 Å². The van der Waals surface area contributed by atoms with Crippen LogP contribution in [0.25, 0.3) is 0 Å². The predicted octanol–water partition coefficient (Wildman–Crippen LogP) is 2.31. The van der Waals surface area contributed by atoms with Gasteiger partial charge in [0.05, 0.1) is 5.41 Å². The molecule has 1 aromatic heterocycles. The van der Waals surface area contributed by atoms with E-state index in [1.807, 2.05) is 18.2 Å². The van der Waals surface area contributed by atoms with Crippen molar-refractivity contribution in [1.82, 2.24) is 10.1 Å². The van der Waals surface area contributed by atoms with Crippen molar-refractivity contribution >= 4 is 0 Å². The minimum absolute atomic E-state index is 0.175. The highest BCUT2D eigenvalue weighted by molar-refractivity contribution is 5.33. The Hall–Kier alpha value is -1.72. The van der Waals surface area contributed by atoms with Crippen LogP contribution in [-0.4, -0.2) is 21.8 Å². The Bertz CT molecular complexity index is 576. The maximum absolute atomic E-state index is 9.95. The molecule has 5 nitrogen and oxygen atoms in total. The van der Waals surface area contributed by atoms with Crippen molar-refractivity contribution in [2.75, 3.05) is 6.54 Å². The van der Waals surface area contributed by atoms with Gasteiger partial charge < -0.3 is 15.4 Å². The molecule has 112 valence electrons. The Morgan fingerprint density at radius 1 is 1.24 bits per heavy atom. The molecule has 0 saturated heterocycles. The van der Waals surface area contributed by atoms with Crippen molar-refractivity contribution in [3.63, 3.8) is 0 Å². The van der Waals surface area contributed by atoms with Gasteiger partial charge in [0.1, 0.15) is 6.10 Å². The van der Waals surface area contributed by atoms with E-state index >= 15 is 0 Å². The summed E-state index contributed by atoms with van der Waals surface area (Å²) < 4.78 is 5.27. The van der Waals surface area contributed by atoms with E-state index in [1.165, 1.54) is 5.56 Å². The summed E-state index contributed by atoms with van der Waals surface area (Å²) in [6.45, 7) is 0.392. The van der Waals surface area contributed by atoms with Gasteiger partial charge in [0.25, 0.3) is 5.89 Å². The number of aromatic nitrogens is 2. The van der Waals surface area contributed by atoms with Crippen LogP contribution in [0.1, 0.15) is 55.5 Å². The first-order chi connectivity index (χ1) is 10.3. The lowest BCUT2D eigenvalue weighted by Gasteiger charge is -2.25. The Morgan fingerprint density at radius 2 is 1.95 bits per heavy atom. The lowest BCUT2D eigenvalue weighted by atomic mass is 9.78. The third-order valence-electron chi connectivity index (χ3n) is 4.38. The topological polar surface area (TPSA) is 85.2 Å². The second-order valence-corrected chi connectivity index (χ2v) is 5.70. The van der Waals surface area contributed by atoms with Crippen LogP contribution < -0.4 is 5.73 Å². The van der Waals surface area contributed by atoms with Gasteiger partial charge in [-0.2, -0.15) is 4.98 Å². The van der Waals surface area contributed by atoms with Gasteiger partial charge in [0, 0.05) is 0 Å². The Morgan fingerprint density at radius 3 is 2.62 bits per heavy atom. The lowest BCUT2D eigenvalue weighted by Crippen LogP contribution is -2.25. The van der Waals surface area contributed by atoms with Crippen LogP contribution >= 0.6 is 0 Å². The normalized spacial score (nSPS) is 18.8. The van der Waals surface area contributed by atoms with Crippen molar-refractivity contribution in [3.8, 4) is 0 Å². The molecule has 21 heavy (non-hydrogen) atoms. The third kappa shape index (κ3) is 2.59. The average molecular weight is 287 g/mol. The molecule has 1 aliphatic carbocycles. The zero-order valence-corrected chi connectivity index (χ0v) is 12.0. The second-order valence-electron chi connectivity index (χ2n) is 5.70. The molecule has 0 spiro atoms. The molecular weight excluding hydrogens is 266 g/mol. The highest BCUT2D eigenvalue weighted by atomic mass is 16.5. The van der Waals surface area contributed by atoms with Gasteiger partial charge in [-0.25, -0.2) is 0 Å². The number of hydrogen-bond acceptors (Lipinski definition) is 5. The summed E-state index contributed by atoms with van der Waals surface area (Å²) in [6, 6.07) is 10.3. The Balaban J connectivity index is 1.95. The van der Waals surface area contributed by atoms with Gasteiger partial charge in [0.2, 0.25) is 0 Å². The van der Waals surface area contributed by atoms with E-state index in [0.29, 0.717) is 18.8 Å². The van der Waals surface area contributed by atoms with Gasteiger partial charge in [-0.1, -0.05) is 48.3 Å². The largest absolute Gasteiger partial charge is 0.383 e. The molecule has 0 bridgehead atoms. The monoisotopic (exact) mass is 287 g/mol. The van der Waals surface area contributed by atoms with Crippen LogP contribution in [0, 0.1) is 0 Å². The average Bonchev–Trinajstić information content (AvgIpc) is 3.18. The number of hydrogen-bond donors (Lipinski definition) is 2. The minimum atomic E-state index is -0.773. The van der Waals surface area contributed by atoms with Crippen LogP contribution in [0.3, 0.4) is 0 Å². The summed E-state index contributed by atoms with van der Waals surface area (Å²) in [6.07, 6.45) is 4.01. The van der Waals surface area contributed by atoms with Crippen LogP contribution in [0.4, 0.5) is 0 Å². The first-order valence-corrected chi connectivity index (χ1v) is 7.54. The van der Waals surface area contributed by atoms with Crippen molar-refractivity contribution in [2.24, 2.45) is 5.73 Å². The van der Waals surface area contributed by atoms with E-state index in [2.05, 4.69) is 22.3 Å². The molecular formula is C16H21N3O2. The highest BCUT2D eigenvalue weighted by Gasteiger charge is 2.41. The van der Waals surface area contributed by atoms with Crippen LogP contribution in [0.15, 0.2) is 34.9 Å². The molecule has 0 amide bonds. The first kappa shape index (κ1) is 14.2. The summed E-state index contributed by atoms with van der Waals surface area (Å²) in [7, 11) is 0. The number of nitrogens with zero attached hydrogens (tertiary/aromatic N) is 2. The van der Waals surface area contributed by atoms with Crippen LogP contribution in [-0.2, 0) is 5.41 Å². The van der Waals surface area contributed by atoms with Crippen molar-refractivity contribution < 1.29 is 9.63 Å². The van der Waals surface area contributed by atoms with Crippen molar-refractivity contribution in [3.05, 3.63) is 47.6 Å². The number of aliphatic hydroxyl groups is 1. The smallest absolute Gasteiger partial charge is 0.255 e. The van der Waals surface area contributed by atoms with E-state index in [4.69, 9.17) is 10.3 Å². The summed E-state index contributed by atoms with van der Waals surface area (Å²) >= 11 is 0. The van der Waals surface area contributed by atoms with Gasteiger partial charge in [-0.15, -0.1) is 0 Å². The van der Waals surface area contributed by atoms with E-state index in [9.17, 15) is 5.11 Å². The fraction of sp³-hybridized carbons (Fsp3) is 0.500. The molecule has 1 atom stereocenters. The molecule has 0 radical (unpaired) electrons. The van der Waals surface area contributed by atoms with Crippen LogP contribution in [0.5, 0.6) is 0 Å². The molecule has 3 rings (SSSR count). The first-order valence-electron chi connectivity index (χ1n) is 7.54. The molecule has 0 aliphatic heterocycles. The molecule has 3 N–H and O–H groups in total. The van der Waals surface area contributed by atoms with Crippen molar-refractivity contribution in [1.29, 1.82) is 0 Å². The molecule has 1 aliphatic rings. The predicted molar refractivity (Wildman–Crippen MR) is 78.6 cm³/mol. The molecule has 0 unspecified atom stereocenters. The quantitative estimate of drug-likeness (QED) is 0.881. The molecule has 5 heteroatoms. The van der Waals surface area contributed by atoms with Crippen molar-refractivity contribution in [2.45, 2.75) is 43.6 Å². The molecule has 1 aromatic carbocycles. The zero-order valence-electron chi connectivity index (χ0n) is 12.0. The molecule has 2 aromatic rings. The molecule has 1 heterocycles. The van der Waals surface area contributed by atoms with Gasteiger partial charge >= 0.3 is 0 Å². The minimum Gasteiger partial charge on any atom is -0.383 e. The second kappa shape index (κ2) is 5.95. The Labute approximate surface area is 124 Å². The summed E-state index contributed by atoms with van der Waals surface area (Å²) in [5.41, 5.74) is 6.51.